The van der Waals surface area contributed by atoms with Gasteiger partial charge in [0.15, 0.2) is 0 Å². The number of para-hydroxylation sites is 1. The van der Waals surface area contributed by atoms with Crippen LogP contribution in [0.2, 0.25) is 0 Å². The highest BCUT2D eigenvalue weighted by Gasteiger charge is 2.37. The van der Waals surface area contributed by atoms with Gasteiger partial charge in [0.25, 0.3) is 0 Å². The molecule has 1 atom stereocenters. The van der Waals surface area contributed by atoms with E-state index in [1.165, 1.54) is 0 Å². The van der Waals surface area contributed by atoms with Gasteiger partial charge in [-0.15, -0.1) is 5.10 Å². The van der Waals surface area contributed by atoms with E-state index >= 15 is 0 Å². The number of β-amino-alcohol motifs (C(OH)–C–C–N with tert-alkyl or cyclic N) is 1. The van der Waals surface area contributed by atoms with Crippen molar-refractivity contribution in [3.05, 3.63) is 42.2 Å². The van der Waals surface area contributed by atoms with Crippen LogP contribution in [0.1, 0.15) is 38.4 Å². The molecule has 1 saturated heterocycles. The van der Waals surface area contributed by atoms with Crippen molar-refractivity contribution in [2.45, 2.75) is 38.3 Å². The molecule has 24 heavy (non-hydrogen) atoms. The summed E-state index contributed by atoms with van der Waals surface area (Å²) in [4.78, 5) is 2.24. The highest BCUT2D eigenvalue weighted by atomic mass is 16.5. The largest absolute Gasteiger partial charge is 0.492 e. The summed E-state index contributed by atoms with van der Waals surface area (Å²) in [6, 6.07) is 10.1. The minimum absolute atomic E-state index is 0.244. The fraction of sp³-hybridized carbons (Fsp3) is 0.556. The number of hydrogen-bond acceptors (Lipinski definition) is 5. The smallest absolute Gasteiger partial charge is 0.123 e. The molecule has 130 valence electrons. The van der Waals surface area contributed by atoms with Crippen LogP contribution >= 0.6 is 0 Å². The lowest BCUT2D eigenvalue weighted by Gasteiger charge is -2.37. The third-order valence-electron chi connectivity index (χ3n) is 4.49. The van der Waals surface area contributed by atoms with Crippen LogP contribution in [-0.4, -0.2) is 51.2 Å². The molecule has 3 rings (SSSR count). The Kier molecular flexibility index (Phi) is 5.16. The molecular weight excluding hydrogens is 304 g/mol. The van der Waals surface area contributed by atoms with E-state index in [4.69, 9.17) is 4.74 Å². The first-order valence-corrected chi connectivity index (χ1v) is 8.62. The summed E-state index contributed by atoms with van der Waals surface area (Å²) in [5, 5.41) is 19.4. The normalized spacial score (nSPS) is 22.0. The number of ether oxygens (including phenoxy) is 1. The zero-order chi connectivity index (χ0) is 17.0. The average molecular weight is 330 g/mol. The first-order valence-electron chi connectivity index (χ1n) is 8.62. The van der Waals surface area contributed by atoms with Gasteiger partial charge in [-0.1, -0.05) is 23.4 Å². The molecule has 0 bridgehead atoms. The number of benzene rings is 1. The molecule has 0 aliphatic carbocycles. The number of piperidine rings is 1. The molecule has 1 aliphatic heterocycles. The summed E-state index contributed by atoms with van der Waals surface area (Å²) in [7, 11) is 0. The standard InChI is InChI=1S/C18H26N4O2/c1-15(2)22-13-17(19-20-22)18(23)9-6-10-21(14-18)11-12-24-16-7-4-3-5-8-16/h3-5,7-8,13,15,23H,6,9-12,14H2,1-2H3. The van der Waals surface area contributed by atoms with Gasteiger partial charge in [0, 0.05) is 19.1 Å². The summed E-state index contributed by atoms with van der Waals surface area (Å²) in [6.07, 6.45) is 3.53. The van der Waals surface area contributed by atoms with Crippen LogP contribution in [0.25, 0.3) is 0 Å². The van der Waals surface area contributed by atoms with Crippen LogP contribution in [0.4, 0.5) is 0 Å². The summed E-state index contributed by atoms with van der Waals surface area (Å²) in [6.45, 7) is 7.04. The van der Waals surface area contributed by atoms with Crippen molar-refractivity contribution >= 4 is 0 Å². The quantitative estimate of drug-likeness (QED) is 0.880. The lowest BCUT2D eigenvalue weighted by molar-refractivity contribution is -0.0413. The Morgan fingerprint density at radius 2 is 2.08 bits per heavy atom. The van der Waals surface area contributed by atoms with Gasteiger partial charge in [-0.2, -0.15) is 0 Å². The van der Waals surface area contributed by atoms with Crippen molar-refractivity contribution in [1.82, 2.24) is 19.9 Å². The molecule has 2 aromatic rings. The second-order valence-corrected chi connectivity index (χ2v) is 6.75. The zero-order valence-electron chi connectivity index (χ0n) is 14.4. The second kappa shape index (κ2) is 7.32. The summed E-state index contributed by atoms with van der Waals surface area (Å²) < 4.78 is 7.56. The van der Waals surface area contributed by atoms with Gasteiger partial charge in [0.1, 0.15) is 23.7 Å². The van der Waals surface area contributed by atoms with E-state index in [0.29, 0.717) is 18.8 Å². The van der Waals surface area contributed by atoms with Gasteiger partial charge in [-0.25, -0.2) is 4.68 Å². The van der Waals surface area contributed by atoms with Gasteiger partial charge >= 0.3 is 0 Å². The predicted molar refractivity (Wildman–Crippen MR) is 91.9 cm³/mol. The predicted octanol–water partition coefficient (Wildman–Crippen LogP) is 2.22. The minimum Gasteiger partial charge on any atom is -0.492 e. The minimum atomic E-state index is -0.919. The summed E-state index contributed by atoms with van der Waals surface area (Å²) >= 11 is 0. The van der Waals surface area contributed by atoms with Crippen LogP contribution in [-0.2, 0) is 5.60 Å². The molecule has 6 heteroatoms. The van der Waals surface area contributed by atoms with Crippen LogP contribution in [0, 0.1) is 0 Å². The first-order chi connectivity index (χ1) is 11.6. The second-order valence-electron chi connectivity index (χ2n) is 6.75. The van der Waals surface area contributed by atoms with Crippen LogP contribution in [0.3, 0.4) is 0 Å². The van der Waals surface area contributed by atoms with E-state index < -0.39 is 5.60 Å². The summed E-state index contributed by atoms with van der Waals surface area (Å²) in [5.74, 6) is 0.879. The van der Waals surface area contributed by atoms with Crippen molar-refractivity contribution in [1.29, 1.82) is 0 Å². The first kappa shape index (κ1) is 16.9. The number of nitrogens with zero attached hydrogens (tertiary/aromatic N) is 4. The molecule has 1 aromatic heterocycles. The molecule has 1 aromatic carbocycles. The van der Waals surface area contributed by atoms with Gasteiger partial charge in [-0.3, -0.25) is 4.90 Å². The molecule has 1 N–H and O–H groups in total. The van der Waals surface area contributed by atoms with Gasteiger partial charge in [-0.05, 0) is 45.4 Å². The average Bonchev–Trinajstić information content (AvgIpc) is 3.07. The Morgan fingerprint density at radius 1 is 1.29 bits per heavy atom. The Balaban J connectivity index is 1.56. The van der Waals surface area contributed by atoms with Gasteiger partial charge < -0.3 is 9.84 Å². The molecule has 1 fully saturated rings. The molecule has 6 nitrogen and oxygen atoms in total. The van der Waals surface area contributed by atoms with Crippen LogP contribution < -0.4 is 4.74 Å². The Morgan fingerprint density at radius 3 is 2.79 bits per heavy atom. The number of hydrogen-bond donors (Lipinski definition) is 1. The SMILES string of the molecule is CC(C)n1cc(C2(O)CCCN(CCOc3ccccc3)C2)nn1. The number of aromatic nitrogens is 3. The monoisotopic (exact) mass is 330 g/mol. The van der Waals surface area contributed by atoms with Crippen LogP contribution in [0.5, 0.6) is 5.75 Å². The third-order valence-corrected chi connectivity index (χ3v) is 4.49. The third kappa shape index (κ3) is 3.94. The van der Waals surface area contributed by atoms with E-state index in [9.17, 15) is 5.11 Å². The maximum absolute atomic E-state index is 11.0. The fourth-order valence-electron chi connectivity index (χ4n) is 3.07. The van der Waals surface area contributed by atoms with E-state index in [1.54, 1.807) is 4.68 Å². The van der Waals surface area contributed by atoms with Crippen molar-refractivity contribution in [2.75, 3.05) is 26.2 Å². The van der Waals surface area contributed by atoms with Crippen molar-refractivity contribution in [2.24, 2.45) is 0 Å². The topological polar surface area (TPSA) is 63.4 Å². The number of aliphatic hydroxyl groups is 1. The zero-order valence-corrected chi connectivity index (χ0v) is 14.4. The Labute approximate surface area is 143 Å². The van der Waals surface area contributed by atoms with Gasteiger partial charge in [0.2, 0.25) is 0 Å². The van der Waals surface area contributed by atoms with E-state index in [2.05, 4.69) is 29.1 Å². The molecule has 0 saturated carbocycles. The molecule has 1 aliphatic rings. The highest BCUT2D eigenvalue weighted by Crippen LogP contribution is 2.30. The van der Waals surface area contributed by atoms with Crippen molar-refractivity contribution < 1.29 is 9.84 Å². The van der Waals surface area contributed by atoms with Crippen molar-refractivity contribution in [3.63, 3.8) is 0 Å². The lowest BCUT2D eigenvalue weighted by Crippen LogP contribution is -2.47. The number of rotatable bonds is 6. The fourth-order valence-corrected chi connectivity index (χ4v) is 3.07. The van der Waals surface area contributed by atoms with Gasteiger partial charge in [0.05, 0.1) is 6.20 Å². The lowest BCUT2D eigenvalue weighted by atomic mass is 9.90. The molecule has 1 unspecified atom stereocenters. The van der Waals surface area contributed by atoms with Crippen LogP contribution in [0.15, 0.2) is 36.5 Å². The van der Waals surface area contributed by atoms with E-state index in [1.807, 2.05) is 36.5 Å². The van der Waals surface area contributed by atoms with E-state index in [-0.39, 0.29) is 6.04 Å². The maximum atomic E-state index is 11.0. The highest BCUT2D eigenvalue weighted by molar-refractivity contribution is 5.20. The molecule has 0 radical (unpaired) electrons. The van der Waals surface area contributed by atoms with Crippen molar-refractivity contribution in [3.8, 4) is 5.75 Å². The Hall–Kier alpha value is -1.92. The number of likely N-dealkylation sites (tertiary alicyclic amines) is 1. The molecule has 0 amide bonds. The van der Waals surface area contributed by atoms with E-state index in [0.717, 1.165) is 31.7 Å². The molecule has 0 spiro atoms. The molecule has 2 heterocycles. The molecular formula is C18H26N4O2. The summed E-state index contributed by atoms with van der Waals surface area (Å²) in [5.41, 5.74) is -0.247. The maximum Gasteiger partial charge on any atom is 0.123 e. The Bertz CT molecular complexity index is 643.